The minimum atomic E-state index is -3.56. The van der Waals surface area contributed by atoms with E-state index in [-0.39, 0.29) is 18.4 Å². The van der Waals surface area contributed by atoms with E-state index in [0.29, 0.717) is 29.4 Å². The number of halogens is 1. The van der Waals surface area contributed by atoms with Crippen molar-refractivity contribution in [3.05, 3.63) is 39.8 Å². The van der Waals surface area contributed by atoms with Crippen LogP contribution in [-0.2, 0) is 14.8 Å². The zero-order valence-electron chi connectivity index (χ0n) is 13.6. The largest absolute Gasteiger partial charge is 0.310 e. The van der Waals surface area contributed by atoms with Crippen molar-refractivity contribution in [3.8, 4) is 0 Å². The Hall–Kier alpha value is -1.29. The van der Waals surface area contributed by atoms with Crippen molar-refractivity contribution >= 4 is 49.0 Å². The predicted octanol–water partition coefficient (Wildman–Crippen LogP) is 3.25. The van der Waals surface area contributed by atoms with Gasteiger partial charge in [0, 0.05) is 18.8 Å². The molecule has 1 saturated heterocycles. The van der Waals surface area contributed by atoms with Crippen LogP contribution in [0, 0.1) is 12.8 Å². The number of thiophene rings is 1. The molecule has 0 spiro atoms. The molecule has 0 bridgehead atoms. The third-order valence-electron chi connectivity index (χ3n) is 4.04. The second kappa shape index (κ2) is 7.53. The molecular weight excluding hydrogens is 426 g/mol. The molecule has 2 aromatic rings. The van der Waals surface area contributed by atoms with E-state index in [0.717, 1.165) is 9.48 Å². The van der Waals surface area contributed by atoms with E-state index >= 15 is 0 Å². The molecule has 0 aromatic carbocycles. The summed E-state index contributed by atoms with van der Waals surface area (Å²) in [6.07, 6.45) is 1.32. The minimum absolute atomic E-state index is 0.189. The molecule has 0 aliphatic carbocycles. The van der Waals surface area contributed by atoms with Gasteiger partial charge in [-0.3, -0.25) is 4.79 Å². The van der Waals surface area contributed by atoms with Gasteiger partial charge in [-0.1, -0.05) is 6.07 Å². The van der Waals surface area contributed by atoms with Crippen molar-refractivity contribution in [1.29, 1.82) is 0 Å². The quantitative estimate of drug-likeness (QED) is 0.785. The Labute approximate surface area is 159 Å². The van der Waals surface area contributed by atoms with Crippen molar-refractivity contribution in [1.82, 2.24) is 9.29 Å². The molecule has 1 amide bonds. The summed E-state index contributed by atoms with van der Waals surface area (Å²) >= 11 is 4.47. The minimum Gasteiger partial charge on any atom is -0.310 e. The molecule has 0 unspecified atom stereocenters. The number of nitrogens with zero attached hydrogens (tertiary/aromatic N) is 2. The number of piperidine rings is 1. The van der Waals surface area contributed by atoms with Gasteiger partial charge in [0.25, 0.3) is 10.0 Å². The number of hydrogen-bond acceptors (Lipinski definition) is 5. The molecule has 134 valence electrons. The number of carbonyl (C=O) groups is 1. The first-order chi connectivity index (χ1) is 11.9. The number of hydrogen-bond donors (Lipinski definition) is 1. The fourth-order valence-corrected chi connectivity index (χ4v) is 6.47. The molecule has 0 radical (unpaired) electrons. The monoisotopic (exact) mass is 443 g/mol. The van der Waals surface area contributed by atoms with E-state index in [2.05, 4.69) is 26.2 Å². The summed E-state index contributed by atoms with van der Waals surface area (Å²) in [7, 11) is -3.56. The van der Waals surface area contributed by atoms with E-state index < -0.39 is 10.0 Å². The number of aromatic nitrogens is 1. The van der Waals surface area contributed by atoms with Crippen molar-refractivity contribution in [2.24, 2.45) is 5.92 Å². The fraction of sp³-hybridized carbons (Fsp3) is 0.375. The molecule has 1 aliphatic heterocycles. The lowest BCUT2D eigenvalue weighted by Gasteiger charge is -2.30. The molecule has 3 heterocycles. The topological polar surface area (TPSA) is 79.4 Å². The average molecular weight is 444 g/mol. The molecular formula is C16H18BrN3O3S2. The zero-order valence-corrected chi connectivity index (χ0v) is 16.8. The number of carbonyl (C=O) groups excluding carboxylic acids is 1. The summed E-state index contributed by atoms with van der Waals surface area (Å²) in [5.41, 5.74) is 0.814. The van der Waals surface area contributed by atoms with E-state index in [4.69, 9.17) is 0 Å². The maximum absolute atomic E-state index is 12.7. The van der Waals surface area contributed by atoms with Crippen molar-refractivity contribution in [2.45, 2.75) is 24.0 Å². The van der Waals surface area contributed by atoms with Gasteiger partial charge in [0.1, 0.15) is 10.0 Å². The molecule has 1 fully saturated rings. The summed E-state index contributed by atoms with van der Waals surface area (Å²) in [6.45, 7) is 2.48. The first-order valence-corrected chi connectivity index (χ1v) is 10.9. The Morgan fingerprint density at radius 1 is 1.36 bits per heavy atom. The van der Waals surface area contributed by atoms with E-state index in [1.807, 2.05) is 19.1 Å². The van der Waals surface area contributed by atoms with E-state index in [1.54, 1.807) is 18.2 Å². The SMILES string of the molecule is Cc1cccc(NC(=O)[C@@H]2CCCN(S(=O)(=O)c3ccc(Br)s3)C2)n1. The smallest absolute Gasteiger partial charge is 0.252 e. The highest BCUT2D eigenvalue weighted by Gasteiger charge is 2.34. The summed E-state index contributed by atoms with van der Waals surface area (Å²) < 4.78 is 28.0. The van der Waals surface area contributed by atoms with Gasteiger partial charge < -0.3 is 5.32 Å². The van der Waals surface area contributed by atoms with Crippen LogP contribution >= 0.6 is 27.3 Å². The predicted molar refractivity (Wildman–Crippen MR) is 101 cm³/mol. The van der Waals surface area contributed by atoms with E-state index in [9.17, 15) is 13.2 Å². The van der Waals surface area contributed by atoms with Crippen LogP contribution in [0.1, 0.15) is 18.5 Å². The Morgan fingerprint density at radius 3 is 2.84 bits per heavy atom. The molecule has 6 nitrogen and oxygen atoms in total. The molecule has 9 heteroatoms. The van der Waals surface area contributed by atoms with Gasteiger partial charge in [-0.2, -0.15) is 4.31 Å². The van der Waals surface area contributed by atoms with Crippen LogP contribution in [0.4, 0.5) is 5.82 Å². The number of rotatable bonds is 4. The van der Waals surface area contributed by atoms with Gasteiger partial charge in [-0.05, 0) is 60.0 Å². The van der Waals surface area contributed by atoms with Crippen LogP contribution < -0.4 is 5.32 Å². The zero-order chi connectivity index (χ0) is 18.0. The number of pyridine rings is 1. The lowest BCUT2D eigenvalue weighted by atomic mass is 9.99. The molecule has 2 aromatic heterocycles. The Kier molecular flexibility index (Phi) is 5.57. The number of nitrogens with one attached hydrogen (secondary N) is 1. The fourth-order valence-electron chi connectivity index (χ4n) is 2.78. The highest BCUT2D eigenvalue weighted by Crippen LogP contribution is 2.31. The third kappa shape index (κ3) is 4.28. The summed E-state index contributed by atoms with van der Waals surface area (Å²) in [4.78, 5) is 16.8. The van der Waals surface area contributed by atoms with Gasteiger partial charge in [0.05, 0.1) is 9.70 Å². The van der Waals surface area contributed by atoms with Gasteiger partial charge in [0.2, 0.25) is 5.91 Å². The van der Waals surface area contributed by atoms with Gasteiger partial charge in [-0.25, -0.2) is 13.4 Å². The van der Waals surface area contributed by atoms with Crippen molar-refractivity contribution in [2.75, 3.05) is 18.4 Å². The van der Waals surface area contributed by atoms with Crippen molar-refractivity contribution in [3.63, 3.8) is 0 Å². The number of aryl methyl sites for hydroxylation is 1. The highest BCUT2D eigenvalue weighted by molar-refractivity contribution is 9.11. The molecule has 1 atom stereocenters. The van der Waals surface area contributed by atoms with Crippen LogP contribution in [0.3, 0.4) is 0 Å². The maximum Gasteiger partial charge on any atom is 0.252 e. The van der Waals surface area contributed by atoms with Crippen LogP contribution in [0.25, 0.3) is 0 Å². The summed E-state index contributed by atoms with van der Waals surface area (Å²) in [6, 6.07) is 8.71. The Balaban J connectivity index is 1.71. The standard InChI is InChI=1S/C16H18BrN3O3S2/c1-11-4-2-6-14(18-11)19-16(21)12-5-3-9-20(10-12)25(22,23)15-8-7-13(17)24-15/h2,4,6-8,12H,3,5,9-10H2,1H3,(H,18,19,21)/t12-/m1/s1. The second-order valence-electron chi connectivity index (χ2n) is 5.91. The van der Waals surface area contributed by atoms with Crippen LogP contribution in [0.2, 0.25) is 0 Å². The van der Waals surface area contributed by atoms with Crippen LogP contribution in [0.15, 0.2) is 38.3 Å². The molecule has 25 heavy (non-hydrogen) atoms. The van der Waals surface area contributed by atoms with Gasteiger partial charge >= 0.3 is 0 Å². The lowest BCUT2D eigenvalue weighted by Crippen LogP contribution is -2.43. The summed E-state index contributed by atoms with van der Waals surface area (Å²) in [5.74, 6) is -0.0771. The van der Waals surface area contributed by atoms with Gasteiger partial charge in [-0.15, -0.1) is 11.3 Å². The average Bonchev–Trinajstić information content (AvgIpc) is 3.02. The molecule has 1 aliphatic rings. The molecule has 3 rings (SSSR count). The first kappa shape index (κ1) is 18.5. The van der Waals surface area contributed by atoms with E-state index in [1.165, 1.54) is 15.6 Å². The highest BCUT2D eigenvalue weighted by atomic mass is 79.9. The lowest BCUT2D eigenvalue weighted by molar-refractivity contribution is -0.120. The van der Waals surface area contributed by atoms with Crippen molar-refractivity contribution < 1.29 is 13.2 Å². The number of amides is 1. The third-order valence-corrected chi connectivity index (χ3v) is 7.99. The molecule has 1 N–H and O–H groups in total. The normalized spacial score (nSPS) is 18.9. The second-order valence-corrected chi connectivity index (χ2v) is 10.5. The first-order valence-electron chi connectivity index (χ1n) is 7.86. The van der Waals surface area contributed by atoms with Crippen LogP contribution in [-0.4, -0.2) is 36.7 Å². The number of anilines is 1. The maximum atomic E-state index is 12.7. The van der Waals surface area contributed by atoms with Crippen LogP contribution in [0.5, 0.6) is 0 Å². The summed E-state index contributed by atoms with van der Waals surface area (Å²) in [5, 5.41) is 2.79. The van der Waals surface area contributed by atoms with Gasteiger partial charge in [0.15, 0.2) is 0 Å². The molecule has 0 saturated carbocycles. The number of sulfonamides is 1. The Morgan fingerprint density at radius 2 is 2.16 bits per heavy atom. The Bertz CT molecular complexity index is 882.